The van der Waals surface area contributed by atoms with Gasteiger partial charge in [-0.15, -0.1) is 0 Å². The molecular formula is C22H22ClN5O3. The summed E-state index contributed by atoms with van der Waals surface area (Å²) in [4.78, 5) is 25.5. The Balaban J connectivity index is 1.31. The standard InChI is InChI=1S/C22H22ClN5O3/c23-17-6-4-16(5-7-17)15-26-11-8-18(9-12-26)24-22(29)21-10-13-27(25-21)19-2-1-3-20(14-19)28(30)31/h1-7,10,13-14,18H,8-9,11-12,15H2,(H,24,29). The number of carbonyl (C=O) groups excluding carboxylic acids is 1. The molecule has 4 rings (SSSR count). The number of nitrogens with zero attached hydrogens (tertiary/aromatic N) is 4. The summed E-state index contributed by atoms with van der Waals surface area (Å²) in [6, 6.07) is 15.7. The van der Waals surface area contributed by atoms with Gasteiger partial charge in [0.25, 0.3) is 11.6 Å². The van der Waals surface area contributed by atoms with E-state index < -0.39 is 4.92 Å². The number of nitro groups is 1. The fraction of sp³-hybridized carbons (Fsp3) is 0.273. The quantitative estimate of drug-likeness (QED) is 0.465. The van der Waals surface area contributed by atoms with E-state index in [4.69, 9.17) is 11.6 Å². The van der Waals surface area contributed by atoms with Crippen LogP contribution in [0.15, 0.2) is 60.8 Å². The predicted molar refractivity (Wildman–Crippen MR) is 117 cm³/mol. The van der Waals surface area contributed by atoms with Gasteiger partial charge in [-0.1, -0.05) is 29.8 Å². The molecule has 1 aliphatic heterocycles. The third-order valence-electron chi connectivity index (χ3n) is 5.37. The molecule has 0 spiro atoms. The average Bonchev–Trinajstić information content (AvgIpc) is 3.27. The summed E-state index contributed by atoms with van der Waals surface area (Å²) in [6.45, 7) is 2.66. The highest BCUT2D eigenvalue weighted by Gasteiger charge is 2.22. The zero-order valence-electron chi connectivity index (χ0n) is 16.8. The normalized spacial score (nSPS) is 15.0. The highest BCUT2D eigenvalue weighted by Crippen LogP contribution is 2.18. The van der Waals surface area contributed by atoms with Gasteiger partial charge < -0.3 is 5.32 Å². The van der Waals surface area contributed by atoms with Crippen LogP contribution in [-0.4, -0.2) is 44.6 Å². The van der Waals surface area contributed by atoms with Gasteiger partial charge in [0, 0.05) is 49.0 Å². The maximum atomic E-state index is 12.6. The molecule has 1 aliphatic rings. The van der Waals surface area contributed by atoms with Crippen LogP contribution in [-0.2, 0) is 6.54 Å². The Hall–Kier alpha value is -3.23. The van der Waals surface area contributed by atoms with E-state index in [1.807, 2.05) is 24.3 Å². The van der Waals surface area contributed by atoms with Crippen LogP contribution in [0.4, 0.5) is 5.69 Å². The maximum absolute atomic E-state index is 12.6. The third-order valence-corrected chi connectivity index (χ3v) is 5.62. The molecule has 160 valence electrons. The minimum absolute atomic E-state index is 0.0237. The first-order chi connectivity index (χ1) is 15.0. The number of halogens is 1. The zero-order valence-corrected chi connectivity index (χ0v) is 17.5. The largest absolute Gasteiger partial charge is 0.348 e. The van der Waals surface area contributed by atoms with E-state index in [0.717, 1.165) is 37.5 Å². The molecule has 2 heterocycles. The number of hydrogen-bond acceptors (Lipinski definition) is 5. The molecule has 2 aromatic carbocycles. The summed E-state index contributed by atoms with van der Waals surface area (Å²) in [5.41, 5.74) is 2.02. The fourth-order valence-electron chi connectivity index (χ4n) is 3.68. The van der Waals surface area contributed by atoms with Crippen molar-refractivity contribution in [3.8, 4) is 5.69 Å². The minimum atomic E-state index is -0.458. The van der Waals surface area contributed by atoms with Gasteiger partial charge >= 0.3 is 0 Å². The second kappa shape index (κ2) is 9.28. The molecule has 1 fully saturated rings. The summed E-state index contributed by atoms with van der Waals surface area (Å²) in [6.07, 6.45) is 3.36. The molecule has 0 radical (unpaired) electrons. The maximum Gasteiger partial charge on any atom is 0.272 e. The van der Waals surface area contributed by atoms with Crippen LogP contribution >= 0.6 is 11.6 Å². The van der Waals surface area contributed by atoms with Crippen LogP contribution in [0.5, 0.6) is 0 Å². The smallest absolute Gasteiger partial charge is 0.272 e. The zero-order chi connectivity index (χ0) is 21.8. The van der Waals surface area contributed by atoms with Crippen molar-refractivity contribution in [1.29, 1.82) is 0 Å². The Morgan fingerprint density at radius 1 is 1.16 bits per heavy atom. The number of hydrogen-bond donors (Lipinski definition) is 1. The number of benzene rings is 2. The molecule has 0 unspecified atom stereocenters. The molecular weight excluding hydrogens is 418 g/mol. The fourth-order valence-corrected chi connectivity index (χ4v) is 3.81. The van der Waals surface area contributed by atoms with Crippen LogP contribution in [0.2, 0.25) is 5.02 Å². The lowest BCUT2D eigenvalue weighted by Gasteiger charge is -2.32. The van der Waals surface area contributed by atoms with Gasteiger partial charge in [0.15, 0.2) is 5.69 Å². The summed E-state index contributed by atoms with van der Waals surface area (Å²) in [7, 11) is 0. The van der Waals surface area contributed by atoms with E-state index in [1.54, 1.807) is 24.4 Å². The minimum Gasteiger partial charge on any atom is -0.348 e. The molecule has 8 nitrogen and oxygen atoms in total. The molecule has 31 heavy (non-hydrogen) atoms. The molecule has 3 aromatic rings. The van der Waals surface area contributed by atoms with E-state index in [2.05, 4.69) is 15.3 Å². The van der Waals surface area contributed by atoms with Gasteiger partial charge in [0.1, 0.15) is 0 Å². The second-order valence-corrected chi connectivity index (χ2v) is 8.01. The molecule has 0 bridgehead atoms. The lowest BCUT2D eigenvalue weighted by atomic mass is 10.0. The van der Waals surface area contributed by atoms with Crippen molar-refractivity contribution in [1.82, 2.24) is 20.0 Å². The number of non-ortho nitro benzene ring substituents is 1. The van der Waals surface area contributed by atoms with Crippen molar-refractivity contribution in [2.45, 2.75) is 25.4 Å². The van der Waals surface area contributed by atoms with E-state index in [9.17, 15) is 14.9 Å². The van der Waals surface area contributed by atoms with Crippen molar-refractivity contribution >= 4 is 23.2 Å². The number of amides is 1. The topological polar surface area (TPSA) is 93.3 Å². The number of likely N-dealkylation sites (tertiary alicyclic amines) is 1. The Morgan fingerprint density at radius 3 is 2.61 bits per heavy atom. The summed E-state index contributed by atoms with van der Waals surface area (Å²) < 4.78 is 1.47. The molecule has 0 saturated carbocycles. The van der Waals surface area contributed by atoms with Gasteiger partial charge in [0.2, 0.25) is 0 Å². The molecule has 1 saturated heterocycles. The number of piperidine rings is 1. The van der Waals surface area contributed by atoms with Gasteiger partial charge in [-0.2, -0.15) is 5.10 Å². The van der Waals surface area contributed by atoms with E-state index >= 15 is 0 Å². The summed E-state index contributed by atoms with van der Waals surface area (Å²) in [5.74, 6) is -0.236. The first-order valence-electron chi connectivity index (χ1n) is 10.1. The molecule has 1 N–H and O–H groups in total. The summed E-state index contributed by atoms with van der Waals surface area (Å²) >= 11 is 5.94. The van der Waals surface area contributed by atoms with E-state index in [1.165, 1.54) is 22.4 Å². The van der Waals surface area contributed by atoms with Crippen molar-refractivity contribution in [3.63, 3.8) is 0 Å². The summed E-state index contributed by atoms with van der Waals surface area (Å²) in [5, 5.41) is 19.0. The third kappa shape index (κ3) is 5.28. The number of nitro benzene ring substituents is 1. The Bertz CT molecular complexity index is 1070. The first-order valence-corrected chi connectivity index (χ1v) is 10.4. The van der Waals surface area contributed by atoms with Crippen molar-refractivity contribution in [2.24, 2.45) is 0 Å². The SMILES string of the molecule is O=C(NC1CCN(Cc2ccc(Cl)cc2)CC1)c1ccn(-c2cccc([N+](=O)[O-])c2)n1. The highest BCUT2D eigenvalue weighted by atomic mass is 35.5. The Labute approximate surface area is 184 Å². The Kier molecular flexibility index (Phi) is 6.29. The molecule has 1 aromatic heterocycles. The molecule has 1 amide bonds. The van der Waals surface area contributed by atoms with Gasteiger partial charge in [-0.25, -0.2) is 4.68 Å². The van der Waals surface area contributed by atoms with Crippen molar-refractivity contribution in [2.75, 3.05) is 13.1 Å². The van der Waals surface area contributed by atoms with E-state index in [0.29, 0.717) is 5.69 Å². The second-order valence-electron chi connectivity index (χ2n) is 7.57. The Morgan fingerprint density at radius 2 is 1.90 bits per heavy atom. The van der Waals surface area contributed by atoms with Crippen LogP contribution in [0, 0.1) is 10.1 Å². The molecule has 0 aliphatic carbocycles. The average molecular weight is 440 g/mol. The number of nitrogens with one attached hydrogen (secondary N) is 1. The highest BCUT2D eigenvalue weighted by molar-refractivity contribution is 6.30. The van der Waals surface area contributed by atoms with Crippen molar-refractivity contribution < 1.29 is 9.72 Å². The van der Waals surface area contributed by atoms with Crippen LogP contribution in [0.25, 0.3) is 5.69 Å². The number of rotatable bonds is 6. The van der Waals surface area contributed by atoms with Gasteiger partial charge in [-0.3, -0.25) is 19.8 Å². The van der Waals surface area contributed by atoms with Crippen LogP contribution < -0.4 is 5.32 Å². The lowest BCUT2D eigenvalue weighted by molar-refractivity contribution is -0.384. The van der Waals surface area contributed by atoms with E-state index in [-0.39, 0.29) is 23.3 Å². The first kappa shape index (κ1) is 21.0. The monoisotopic (exact) mass is 439 g/mol. The molecule has 0 atom stereocenters. The van der Waals surface area contributed by atoms with Crippen LogP contribution in [0.1, 0.15) is 28.9 Å². The number of carbonyl (C=O) groups is 1. The number of aromatic nitrogens is 2. The van der Waals surface area contributed by atoms with Crippen molar-refractivity contribution in [3.05, 3.63) is 87.2 Å². The van der Waals surface area contributed by atoms with Crippen LogP contribution in [0.3, 0.4) is 0 Å². The van der Waals surface area contributed by atoms with Gasteiger partial charge in [0.05, 0.1) is 10.6 Å². The lowest BCUT2D eigenvalue weighted by Crippen LogP contribution is -2.44. The van der Waals surface area contributed by atoms with Gasteiger partial charge in [-0.05, 0) is 42.7 Å². The predicted octanol–water partition coefficient (Wildman–Crippen LogP) is 3.83. The molecule has 9 heteroatoms.